The van der Waals surface area contributed by atoms with Crippen molar-refractivity contribution in [3.05, 3.63) is 86.5 Å². The Morgan fingerprint density at radius 3 is 1.22 bits per heavy atom. The monoisotopic (exact) mass is 828 g/mol. The fraction of sp³-hybridized carbons (Fsp3) is 0.600. The van der Waals surface area contributed by atoms with Crippen LogP contribution in [0.4, 0.5) is 0 Å². The lowest BCUT2D eigenvalue weighted by atomic mass is 9.89. The fourth-order valence-electron chi connectivity index (χ4n) is 7.81. The van der Waals surface area contributed by atoms with Crippen LogP contribution in [0.25, 0.3) is 0 Å². The second-order valence-electron chi connectivity index (χ2n) is 16.1. The van der Waals surface area contributed by atoms with Crippen molar-refractivity contribution in [1.82, 2.24) is 9.80 Å². The molecule has 14 heteroatoms. The lowest BCUT2D eigenvalue weighted by molar-refractivity contribution is -0.0290. The van der Waals surface area contributed by atoms with E-state index in [-0.39, 0.29) is 82.6 Å². The maximum Gasteiger partial charge on any atom is 0.125 e. The Bertz CT molecular complexity index is 1630. The van der Waals surface area contributed by atoms with Crippen LogP contribution in [-0.4, -0.2) is 140 Å². The highest BCUT2D eigenvalue weighted by Gasteiger charge is 2.22. The number of hydrogen-bond donors (Lipinski definition) is 9. The minimum atomic E-state index is -0.745. The van der Waals surface area contributed by atoms with Gasteiger partial charge in [-0.25, -0.2) is 0 Å². The van der Waals surface area contributed by atoms with Gasteiger partial charge < -0.3 is 60.2 Å². The zero-order valence-electron chi connectivity index (χ0n) is 35.1. The zero-order valence-corrected chi connectivity index (χ0v) is 35.1. The highest BCUT2D eigenvalue weighted by molar-refractivity contribution is 5.45. The van der Waals surface area contributed by atoms with Crippen LogP contribution in [0.3, 0.4) is 0 Å². The van der Waals surface area contributed by atoms with Gasteiger partial charge >= 0.3 is 0 Å². The molecule has 1 heterocycles. The molecule has 0 aromatic heterocycles. The third-order valence-electron chi connectivity index (χ3n) is 11.1. The van der Waals surface area contributed by atoms with Gasteiger partial charge in [0.2, 0.25) is 0 Å². The Labute approximate surface area is 348 Å². The number of rotatable bonds is 21. The summed E-state index contributed by atoms with van der Waals surface area (Å²) in [6, 6.07) is 11.5. The van der Waals surface area contributed by atoms with Gasteiger partial charge in [-0.2, -0.15) is 0 Å². The van der Waals surface area contributed by atoms with Crippen molar-refractivity contribution in [2.24, 2.45) is 5.92 Å². The maximum atomic E-state index is 11.4. The molecule has 330 valence electrons. The van der Waals surface area contributed by atoms with E-state index in [0.717, 1.165) is 85.2 Å². The summed E-state index contributed by atoms with van der Waals surface area (Å²) in [5.41, 5.74) is 6.99. The molecule has 59 heavy (non-hydrogen) atoms. The molecule has 1 fully saturated rings. The van der Waals surface area contributed by atoms with Crippen molar-refractivity contribution < 1.29 is 60.2 Å². The van der Waals surface area contributed by atoms with E-state index in [1.165, 1.54) is 0 Å². The van der Waals surface area contributed by atoms with E-state index in [4.69, 9.17) is 14.2 Å². The van der Waals surface area contributed by atoms with Crippen LogP contribution < -0.4 is 0 Å². The van der Waals surface area contributed by atoms with Crippen molar-refractivity contribution in [3.63, 3.8) is 0 Å². The van der Waals surface area contributed by atoms with Gasteiger partial charge in [-0.3, -0.25) is 9.80 Å². The molecule has 14 nitrogen and oxygen atoms in total. The van der Waals surface area contributed by atoms with E-state index >= 15 is 0 Å². The van der Waals surface area contributed by atoms with Gasteiger partial charge in [-0.1, -0.05) is 53.1 Å². The van der Waals surface area contributed by atoms with Crippen LogP contribution in [0.1, 0.15) is 75.8 Å². The molecule has 0 amide bonds. The number of aromatic hydroxyl groups is 3. The van der Waals surface area contributed by atoms with Gasteiger partial charge in [0.25, 0.3) is 0 Å². The predicted molar refractivity (Wildman–Crippen MR) is 223 cm³/mol. The van der Waals surface area contributed by atoms with Crippen LogP contribution in [0, 0.1) is 26.7 Å². The van der Waals surface area contributed by atoms with Crippen molar-refractivity contribution >= 4 is 0 Å². The molecule has 0 aliphatic carbocycles. The predicted octanol–water partition coefficient (Wildman–Crippen LogP) is 3.08. The maximum absolute atomic E-state index is 11.4. The molecular formula is C45H68N2O12. The van der Waals surface area contributed by atoms with Gasteiger partial charge in [-0.05, 0) is 90.5 Å². The minimum Gasteiger partial charge on any atom is -0.507 e. The van der Waals surface area contributed by atoms with Crippen LogP contribution in [0.15, 0.2) is 36.4 Å². The summed E-state index contributed by atoms with van der Waals surface area (Å²) in [7, 11) is 0. The Hall–Kier alpha value is -3.38. The van der Waals surface area contributed by atoms with E-state index in [1.54, 1.807) is 0 Å². The van der Waals surface area contributed by atoms with Crippen LogP contribution in [0.5, 0.6) is 17.2 Å². The highest BCUT2D eigenvalue weighted by atomic mass is 16.5. The molecule has 1 aliphatic heterocycles. The number of phenolic OH excluding ortho intramolecular Hbond substituents is 3. The number of hydrogen-bond acceptors (Lipinski definition) is 14. The standard InChI is InChI=1S/C45H68N2O12/c1-30-12-34(43(54)37(15-30)27-57-40(21-48)22-49)18-33-6-4-8-46(19-35-13-31(2)16-38(44(35)55)28-58-41(23-50)24-51)9-5-10-47(11-7-33)20-36-14-32(3)17-39(45(36)56)29-59-42(25-52)26-53/h12-17,33,40-42,48-56H,4-11,18-29H2,1-3H3. The first-order chi connectivity index (χ1) is 28.4. The number of aliphatic hydroxyl groups excluding tert-OH is 6. The average Bonchev–Trinajstić information content (AvgIpc) is 3.25. The number of nitrogens with zero attached hydrogens (tertiary/aromatic N) is 2. The van der Waals surface area contributed by atoms with Gasteiger partial charge in [0.15, 0.2) is 0 Å². The van der Waals surface area contributed by atoms with Crippen LogP contribution in [-0.2, 0) is 53.5 Å². The summed E-state index contributed by atoms with van der Waals surface area (Å²) < 4.78 is 17.0. The summed E-state index contributed by atoms with van der Waals surface area (Å²) in [6.45, 7) is 8.04. The lowest BCUT2D eigenvalue weighted by Crippen LogP contribution is -2.31. The number of ether oxygens (including phenoxy) is 3. The van der Waals surface area contributed by atoms with Crippen molar-refractivity contribution in [3.8, 4) is 17.2 Å². The Morgan fingerprint density at radius 1 is 0.475 bits per heavy atom. The Balaban J connectivity index is 1.60. The van der Waals surface area contributed by atoms with E-state index in [1.807, 2.05) is 57.2 Å². The SMILES string of the molecule is Cc1cc(COC(CO)CO)c(O)c(CC2CCCN(Cc3cc(C)cc(COC(CO)CO)c3O)CCCN(Cc3cc(C)cc(COC(CO)CO)c3O)CC2)c1. The van der Waals surface area contributed by atoms with Gasteiger partial charge in [0.05, 0.1) is 59.5 Å². The molecule has 1 atom stereocenters. The van der Waals surface area contributed by atoms with Gasteiger partial charge in [0, 0.05) is 40.9 Å². The molecular weight excluding hydrogens is 760 g/mol. The lowest BCUT2D eigenvalue weighted by Gasteiger charge is -2.27. The molecule has 3 aromatic rings. The topological polar surface area (TPSA) is 216 Å². The van der Waals surface area contributed by atoms with Crippen molar-refractivity contribution in [2.45, 2.75) is 104 Å². The van der Waals surface area contributed by atoms with Crippen LogP contribution in [0.2, 0.25) is 0 Å². The summed E-state index contributed by atoms with van der Waals surface area (Å²) in [5.74, 6) is 0.603. The van der Waals surface area contributed by atoms with Crippen molar-refractivity contribution in [1.29, 1.82) is 0 Å². The first-order valence-corrected chi connectivity index (χ1v) is 20.8. The molecule has 0 saturated carbocycles. The van der Waals surface area contributed by atoms with E-state index < -0.39 is 18.3 Å². The largest absolute Gasteiger partial charge is 0.507 e. The second kappa shape index (κ2) is 24.8. The second-order valence-corrected chi connectivity index (χ2v) is 16.1. The highest BCUT2D eigenvalue weighted by Crippen LogP contribution is 2.33. The van der Waals surface area contributed by atoms with Crippen molar-refractivity contribution in [2.75, 3.05) is 65.8 Å². The smallest absolute Gasteiger partial charge is 0.125 e. The third-order valence-corrected chi connectivity index (χ3v) is 11.1. The molecule has 1 saturated heterocycles. The summed E-state index contributed by atoms with van der Waals surface area (Å²) in [6.07, 6.45) is 1.80. The number of benzene rings is 3. The minimum absolute atomic E-state index is 0.0418. The van der Waals surface area contributed by atoms with Crippen LogP contribution >= 0.6 is 0 Å². The quantitative estimate of drug-likeness (QED) is 0.0755. The molecule has 9 N–H and O–H groups in total. The van der Waals surface area contributed by atoms with E-state index in [2.05, 4.69) is 9.80 Å². The fourth-order valence-corrected chi connectivity index (χ4v) is 7.81. The molecule has 0 spiro atoms. The summed E-state index contributed by atoms with van der Waals surface area (Å²) >= 11 is 0. The van der Waals surface area contributed by atoms with Gasteiger partial charge in [-0.15, -0.1) is 0 Å². The molecule has 0 radical (unpaired) electrons. The molecule has 1 aliphatic rings. The molecule has 3 aromatic carbocycles. The average molecular weight is 829 g/mol. The zero-order chi connectivity index (χ0) is 42.9. The first-order valence-electron chi connectivity index (χ1n) is 20.8. The number of aryl methyl sites for hydroxylation is 3. The van der Waals surface area contributed by atoms with Gasteiger partial charge in [0.1, 0.15) is 35.6 Å². The number of phenols is 3. The summed E-state index contributed by atoms with van der Waals surface area (Å²) in [4.78, 5) is 4.69. The molecule has 4 rings (SSSR count). The Kier molecular flexibility index (Phi) is 20.3. The Morgan fingerprint density at radius 2 is 0.814 bits per heavy atom. The van der Waals surface area contributed by atoms with E-state index in [9.17, 15) is 46.0 Å². The summed E-state index contributed by atoms with van der Waals surface area (Å²) in [5, 5.41) is 91.2. The number of aliphatic hydroxyl groups is 6. The molecule has 0 bridgehead atoms. The molecule has 1 unspecified atom stereocenters. The van der Waals surface area contributed by atoms with E-state index in [0.29, 0.717) is 36.2 Å². The first kappa shape index (κ1) is 48.3. The normalized spacial score (nSPS) is 16.4. The third kappa shape index (κ3) is 14.9.